The molecule has 0 radical (unpaired) electrons. The van der Waals surface area contributed by atoms with Crippen LogP contribution in [-0.2, 0) is 9.53 Å². The molecule has 1 unspecified atom stereocenters. The molecule has 0 aromatic carbocycles. The molecule has 0 heterocycles. The lowest BCUT2D eigenvalue weighted by molar-refractivity contribution is -0.146. The molecule has 0 aliphatic carbocycles. The third kappa shape index (κ3) is 13.1. The highest BCUT2D eigenvalue weighted by Crippen LogP contribution is 2.12. The van der Waals surface area contributed by atoms with E-state index in [4.69, 9.17) is 4.74 Å². The smallest absolute Gasteiger partial charge is 0.302 e. The van der Waals surface area contributed by atoms with Crippen LogP contribution in [0, 0.1) is 0 Å². The van der Waals surface area contributed by atoms with Gasteiger partial charge in [0, 0.05) is 6.92 Å². The second kappa shape index (κ2) is 14.1. The van der Waals surface area contributed by atoms with E-state index in [1.165, 1.54) is 32.6 Å². The van der Waals surface area contributed by atoms with E-state index in [0.29, 0.717) is 0 Å². The highest BCUT2D eigenvalue weighted by Gasteiger charge is 2.08. The second-order valence-electron chi connectivity index (χ2n) is 5.03. The molecule has 0 rings (SSSR count). The summed E-state index contributed by atoms with van der Waals surface area (Å²) in [6.45, 7) is 7.18. The Morgan fingerprint density at radius 1 is 1.10 bits per heavy atom. The Hall–Kier alpha value is -1.31. The molecule has 1 atom stereocenters. The standard InChI is InChI=1S/C18H30O2/c1-4-6-7-8-9-10-11-12-13-14-15-16-18(5-2)20-17(3)19/h4,6-9,18H,1,5,10-16H2,2-3H3. The fourth-order valence-electron chi connectivity index (χ4n) is 2.06. The normalized spacial score (nSPS) is 12.9. The van der Waals surface area contributed by atoms with Crippen LogP contribution in [0.25, 0.3) is 0 Å². The topological polar surface area (TPSA) is 26.3 Å². The fraction of sp³-hybridized carbons (Fsp3) is 0.611. The van der Waals surface area contributed by atoms with E-state index in [2.05, 4.69) is 25.7 Å². The number of rotatable bonds is 12. The third-order valence-electron chi connectivity index (χ3n) is 3.18. The molecule has 2 heteroatoms. The van der Waals surface area contributed by atoms with Gasteiger partial charge in [-0.15, -0.1) is 0 Å². The summed E-state index contributed by atoms with van der Waals surface area (Å²) in [7, 11) is 0. The third-order valence-corrected chi connectivity index (χ3v) is 3.18. The van der Waals surface area contributed by atoms with Gasteiger partial charge in [-0.2, -0.15) is 0 Å². The van der Waals surface area contributed by atoms with E-state index in [1.54, 1.807) is 6.08 Å². The van der Waals surface area contributed by atoms with Crippen molar-refractivity contribution in [1.82, 2.24) is 0 Å². The van der Waals surface area contributed by atoms with Gasteiger partial charge >= 0.3 is 5.97 Å². The molecule has 114 valence electrons. The van der Waals surface area contributed by atoms with Crippen molar-refractivity contribution >= 4 is 5.97 Å². The number of ether oxygens (including phenoxy) is 1. The number of hydrogen-bond acceptors (Lipinski definition) is 2. The second-order valence-corrected chi connectivity index (χ2v) is 5.03. The van der Waals surface area contributed by atoms with Gasteiger partial charge in [-0.05, 0) is 32.1 Å². The highest BCUT2D eigenvalue weighted by atomic mass is 16.5. The zero-order chi connectivity index (χ0) is 15.1. The number of carbonyl (C=O) groups is 1. The van der Waals surface area contributed by atoms with Gasteiger partial charge in [0.05, 0.1) is 0 Å². The van der Waals surface area contributed by atoms with Gasteiger partial charge in [-0.3, -0.25) is 4.79 Å². The van der Waals surface area contributed by atoms with Gasteiger partial charge in [0.1, 0.15) is 6.10 Å². The molecule has 20 heavy (non-hydrogen) atoms. The summed E-state index contributed by atoms with van der Waals surface area (Å²) in [6.07, 6.45) is 19.4. The van der Waals surface area contributed by atoms with Crippen LogP contribution in [-0.4, -0.2) is 12.1 Å². The highest BCUT2D eigenvalue weighted by molar-refractivity contribution is 5.66. The molecular formula is C18H30O2. The maximum Gasteiger partial charge on any atom is 0.302 e. The van der Waals surface area contributed by atoms with Crippen LogP contribution in [0.4, 0.5) is 0 Å². The van der Waals surface area contributed by atoms with E-state index in [1.807, 2.05) is 12.2 Å². The van der Waals surface area contributed by atoms with Crippen molar-refractivity contribution in [3.63, 3.8) is 0 Å². The first-order valence-corrected chi connectivity index (χ1v) is 7.82. The molecule has 2 nitrogen and oxygen atoms in total. The predicted octanol–water partition coefficient (Wildman–Crippen LogP) is 5.36. The Bertz CT molecular complexity index is 303. The summed E-state index contributed by atoms with van der Waals surface area (Å²) < 4.78 is 5.23. The lowest BCUT2D eigenvalue weighted by Crippen LogP contribution is -2.14. The number of hydrogen-bond donors (Lipinski definition) is 0. The Morgan fingerprint density at radius 3 is 2.45 bits per heavy atom. The van der Waals surface area contributed by atoms with Gasteiger partial charge in [0.25, 0.3) is 0 Å². The minimum absolute atomic E-state index is 0.118. The molecule has 0 spiro atoms. The first-order valence-electron chi connectivity index (χ1n) is 7.82. The van der Waals surface area contributed by atoms with Crippen molar-refractivity contribution in [3.05, 3.63) is 37.0 Å². The molecule has 0 aromatic rings. The van der Waals surface area contributed by atoms with Gasteiger partial charge in [-0.25, -0.2) is 0 Å². The van der Waals surface area contributed by atoms with Crippen molar-refractivity contribution in [3.8, 4) is 0 Å². The SMILES string of the molecule is C=CC=CC=CCCCCCCCC(CC)OC(C)=O. The lowest BCUT2D eigenvalue weighted by atomic mass is 10.1. The molecular weight excluding hydrogens is 248 g/mol. The first kappa shape index (κ1) is 18.7. The zero-order valence-corrected chi connectivity index (χ0v) is 13.1. The van der Waals surface area contributed by atoms with Crippen LogP contribution in [0.1, 0.15) is 65.2 Å². The van der Waals surface area contributed by atoms with Gasteiger partial charge in [0.2, 0.25) is 0 Å². The van der Waals surface area contributed by atoms with Crippen LogP contribution in [0.3, 0.4) is 0 Å². The van der Waals surface area contributed by atoms with E-state index < -0.39 is 0 Å². The maximum atomic E-state index is 10.9. The summed E-state index contributed by atoms with van der Waals surface area (Å²) in [5.74, 6) is -0.158. The fourth-order valence-corrected chi connectivity index (χ4v) is 2.06. The molecule has 0 bridgehead atoms. The van der Waals surface area contributed by atoms with E-state index in [-0.39, 0.29) is 12.1 Å². The van der Waals surface area contributed by atoms with E-state index >= 15 is 0 Å². The van der Waals surface area contributed by atoms with Crippen molar-refractivity contribution in [2.45, 2.75) is 71.3 Å². The molecule has 0 aromatic heterocycles. The summed E-state index contributed by atoms with van der Waals surface area (Å²) in [6, 6.07) is 0. The zero-order valence-electron chi connectivity index (χ0n) is 13.1. The molecule has 0 aliphatic rings. The Morgan fingerprint density at radius 2 is 1.80 bits per heavy atom. The monoisotopic (exact) mass is 278 g/mol. The van der Waals surface area contributed by atoms with Crippen LogP contribution < -0.4 is 0 Å². The largest absolute Gasteiger partial charge is 0.463 e. The molecule has 0 aliphatic heterocycles. The average Bonchev–Trinajstić information content (AvgIpc) is 2.43. The maximum absolute atomic E-state index is 10.9. The van der Waals surface area contributed by atoms with E-state index in [0.717, 1.165) is 25.7 Å². The number of allylic oxidation sites excluding steroid dienone is 5. The molecule has 0 N–H and O–H groups in total. The van der Waals surface area contributed by atoms with Crippen molar-refractivity contribution in [1.29, 1.82) is 0 Å². The summed E-state index contributed by atoms with van der Waals surface area (Å²) in [4.78, 5) is 10.9. The number of esters is 1. The Balaban J connectivity index is 3.39. The van der Waals surface area contributed by atoms with Crippen molar-refractivity contribution in [2.24, 2.45) is 0 Å². The van der Waals surface area contributed by atoms with Crippen LogP contribution in [0.15, 0.2) is 37.0 Å². The lowest BCUT2D eigenvalue weighted by Gasteiger charge is -2.14. The first-order chi connectivity index (χ1) is 9.70. The van der Waals surface area contributed by atoms with Crippen LogP contribution >= 0.6 is 0 Å². The predicted molar refractivity (Wildman–Crippen MR) is 86.6 cm³/mol. The Labute approximate surface area is 124 Å². The molecule has 0 saturated carbocycles. The summed E-state index contributed by atoms with van der Waals surface area (Å²) in [5, 5.41) is 0. The minimum Gasteiger partial charge on any atom is -0.463 e. The van der Waals surface area contributed by atoms with E-state index in [9.17, 15) is 4.79 Å². The average molecular weight is 278 g/mol. The summed E-state index contributed by atoms with van der Waals surface area (Å²) >= 11 is 0. The number of unbranched alkanes of at least 4 members (excludes halogenated alkanes) is 5. The molecule has 0 amide bonds. The Kier molecular flexibility index (Phi) is 13.2. The van der Waals surface area contributed by atoms with Gasteiger partial charge < -0.3 is 4.74 Å². The molecule has 0 saturated heterocycles. The van der Waals surface area contributed by atoms with Gasteiger partial charge in [0.15, 0.2) is 0 Å². The van der Waals surface area contributed by atoms with Crippen LogP contribution in [0.5, 0.6) is 0 Å². The minimum atomic E-state index is -0.158. The number of carbonyl (C=O) groups excluding carboxylic acids is 1. The van der Waals surface area contributed by atoms with Gasteiger partial charge in [-0.1, -0.05) is 63.1 Å². The van der Waals surface area contributed by atoms with Crippen LogP contribution in [0.2, 0.25) is 0 Å². The van der Waals surface area contributed by atoms with Crippen molar-refractivity contribution in [2.75, 3.05) is 0 Å². The van der Waals surface area contributed by atoms with Crippen molar-refractivity contribution < 1.29 is 9.53 Å². The molecule has 0 fully saturated rings. The summed E-state index contributed by atoms with van der Waals surface area (Å²) in [5.41, 5.74) is 0. The quantitative estimate of drug-likeness (QED) is 0.273.